The summed E-state index contributed by atoms with van der Waals surface area (Å²) in [5, 5.41) is 2.78. The van der Waals surface area contributed by atoms with E-state index in [1.165, 1.54) is 6.92 Å². The van der Waals surface area contributed by atoms with Gasteiger partial charge in [-0.25, -0.2) is 0 Å². The van der Waals surface area contributed by atoms with Crippen LogP contribution >= 0.6 is 0 Å². The van der Waals surface area contributed by atoms with Gasteiger partial charge in [-0.15, -0.1) is 0 Å². The number of hydrogen-bond donors (Lipinski definition) is 1. The molecule has 21 heavy (non-hydrogen) atoms. The second-order valence-corrected chi connectivity index (χ2v) is 5.30. The van der Waals surface area contributed by atoms with Gasteiger partial charge in [0.2, 0.25) is 11.8 Å². The van der Waals surface area contributed by atoms with Gasteiger partial charge in [-0.05, 0) is 37.1 Å². The Hall–Kier alpha value is -2.04. The van der Waals surface area contributed by atoms with E-state index >= 15 is 0 Å². The summed E-state index contributed by atoms with van der Waals surface area (Å²) < 4.78 is 5.34. The summed E-state index contributed by atoms with van der Waals surface area (Å²) in [5.41, 5.74) is 0.691. The lowest BCUT2D eigenvalue weighted by Gasteiger charge is -2.22. The van der Waals surface area contributed by atoms with Crippen molar-refractivity contribution in [3.05, 3.63) is 24.3 Å². The zero-order valence-corrected chi connectivity index (χ0v) is 13.2. The maximum Gasteiger partial charge on any atom is 0.243 e. The number of nitrogens with zero attached hydrogens (tertiary/aromatic N) is 1. The van der Waals surface area contributed by atoms with Crippen molar-refractivity contribution in [2.45, 2.75) is 27.7 Å². The highest BCUT2D eigenvalue weighted by atomic mass is 16.5. The summed E-state index contributed by atoms with van der Waals surface area (Å²) in [6, 6.07) is 7.17. The number of carbonyl (C=O) groups excluding carboxylic acids is 2. The van der Waals surface area contributed by atoms with Crippen LogP contribution in [0.3, 0.4) is 0 Å². The Kier molecular flexibility index (Phi) is 6.72. The molecule has 0 saturated carbocycles. The SMILES string of the molecule is CCOc1ccc(NC(=O)CN(CC(C)C)C(C)=O)cc1. The molecule has 0 aliphatic carbocycles. The van der Waals surface area contributed by atoms with Gasteiger partial charge in [-0.2, -0.15) is 0 Å². The van der Waals surface area contributed by atoms with Crippen molar-refractivity contribution in [1.29, 1.82) is 0 Å². The molecule has 0 aliphatic heterocycles. The minimum atomic E-state index is -0.199. The Morgan fingerprint density at radius 2 is 1.86 bits per heavy atom. The van der Waals surface area contributed by atoms with Gasteiger partial charge in [0.1, 0.15) is 5.75 Å². The van der Waals surface area contributed by atoms with E-state index in [2.05, 4.69) is 5.32 Å². The summed E-state index contributed by atoms with van der Waals surface area (Å²) >= 11 is 0. The molecule has 0 bridgehead atoms. The lowest BCUT2D eigenvalue weighted by atomic mass is 10.2. The van der Waals surface area contributed by atoms with Gasteiger partial charge < -0.3 is 15.0 Å². The molecule has 0 saturated heterocycles. The second-order valence-electron chi connectivity index (χ2n) is 5.30. The molecule has 2 amide bonds. The fraction of sp³-hybridized carbons (Fsp3) is 0.500. The van der Waals surface area contributed by atoms with Gasteiger partial charge in [0.05, 0.1) is 13.2 Å². The molecule has 0 aliphatic rings. The van der Waals surface area contributed by atoms with Crippen LogP contribution in [0.5, 0.6) is 5.75 Å². The van der Waals surface area contributed by atoms with Crippen LogP contribution in [0.25, 0.3) is 0 Å². The highest BCUT2D eigenvalue weighted by molar-refractivity contribution is 5.94. The lowest BCUT2D eigenvalue weighted by molar-refractivity contribution is -0.133. The maximum absolute atomic E-state index is 12.0. The summed E-state index contributed by atoms with van der Waals surface area (Å²) in [7, 11) is 0. The first-order chi connectivity index (χ1) is 9.92. The van der Waals surface area contributed by atoms with Crippen molar-refractivity contribution < 1.29 is 14.3 Å². The number of amides is 2. The minimum absolute atomic E-state index is 0.0702. The van der Waals surface area contributed by atoms with Gasteiger partial charge in [0, 0.05) is 19.2 Å². The van der Waals surface area contributed by atoms with Gasteiger partial charge in [-0.1, -0.05) is 13.8 Å². The summed E-state index contributed by atoms with van der Waals surface area (Å²) in [6.07, 6.45) is 0. The van der Waals surface area contributed by atoms with Crippen LogP contribution in [0.15, 0.2) is 24.3 Å². The average molecular weight is 292 g/mol. The molecule has 5 heteroatoms. The standard InChI is InChI=1S/C16H24N2O3/c1-5-21-15-8-6-14(7-9-15)17-16(20)11-18(13(4)19)10-12(2)3/h6-9,12H,5,10-11H2,1-4H3,(H,17,20). The first kappa shape index (κ1) is 17.0. The van der Waals surface area contributed by atoms with E-state index in [0.29, 0.717) is 24.8 Å². The molecule has 5 nitrogen and oxygen atoms in total. The van der Waals surface area contributed by atoms with E-state index in [0.717, 1.165) is 5.75 Å². The molecule has 0 heterocycles. The number of benzene rings is 1. The van der Waals surface area contributed by atoms with Crippen molar-refractivity contribution in [2.24, 2.45) is 5.92 Å². The minimum Gasteiger partial charge on any atom is -0.494 e. The van der Waals surface area contributed by atoms with E-state index in [1.807, 2.05) is 20.8 Å². The Labute approximate surface area is 126 Å². The average Bonchev–Trinajstić information content (AvgIpc) is 2.40. The fourth-order valence-corrected chi connectivity index (χ4v) is 1.92. The van der Waals surface area contributed by atoms with Crippen molar-refractivity contribution in [1.82, 2.24) is 4.90 Å². The van der Waals surface area contributed by atoms with Crippen LogP contribution in [0.2, 0.25) is 0 Å². The van der Waals surface area contributed by atoms with E-state index < -0.39 is 0 Å². The van der Waals surface area contributed by atoms with Crippen molar-refractivity contribution in [2.75, 3.05) is 25.0 Å². The fourth-order valence-electron chi connectivity index (χ4n) is 1.92. The zero-order valence-electron chi connectivity index (χ0n) is 13.2. The normalized spacial score (nSPS) is 10.3. The molecule has 0 radical (unpaired) electrons. The first-order valence-electron chi connectivity index (χ1n) is 7.20. The largest absolute Gasteiger partial charge is 0.494 e. The Balaban J connectivity index is 2.57. The molecule has 1 N–H and O–H groups in total. The topological polar surface area (TPSA) is 58.6 Å². The molecule has 1 aromatic rings. The Morgan fingerprint density at radius 1 is 1.24 bits per heavy atom. The van der Waals surface area contributed by atoms with Crippen molar-refractivity contribution in [3.63, 3.8) is 0 Å². The maximum atomic E-state index is 12.0. The Morgan fingerprint density at radius 3 is 2.33 bits per heavy atom. The third kappa shape index (κ3) is 6.29. The number of nitrogens with one attached hydrogen (secondary N) is 1. The molecule has 116 valence electrons. The van der Waals surface area contributed by atoms with Gasteiger partial charge >= 0.3 is 0 Å². The van der Waals surface area contributed by atoms with Crippen molar-refractivity contribution in [3.8, 4) is 5.75 Å². The van der Waals surface area contributed by atoms with Gasteiger partial charge in [-0.3, -0.25) is 9.59 Å². The molecule has 0 spiro atoms. The number of anilines is 1. The number of ether oxygens (including phenoxy) is 1. The third-order valence-electron chi connectivity index (χ3n) is 2.81. The molecule has 0 unspecified atom stereocenters. The summed E-state index contributed by atoms with van der Waals surface area (Å²) in [5.74, 6) is 0.799. The van der Waals surface area contributed by atoms with E-state index in [1.54, 1.807) is 29.2 Å². The summed E-state index contributed by atoms with van der Waals surface area (Å²) in [4.78, 5) is 25.0. The quantitative estimate of drug-likeness (QED) is 0.840. The van der Waals surface area contributed by atoms with Crippen LogP contribution in [-0.2, 0) is 9.59 Å². The second kappa shape index (κ2) is 8.29. The number of rotatable bonds is 7. The predicted octanol–water partition coefficient (Wildman–Crippen LogP) is 2.53. The molecule has 0 atom stereocenters. The van der Waals surface area contributed by atoms with Crippen molar-refractivity contribution >= 4 is 17.5 Å². The molecular formula is C16H24N2O3. The monoisotopic (exact) mass is 292 g/mol. The van der Waals surface area contributed by atoms with Crippen LogP contribution < -0.4 is 10.1 Å². The molecule has 1 rings (SSSR count). The first-order valence-corrected chi connectivity index (χ1v) is 7.20. The smallest absolute Gasteiger partial charge is 0.243 e. The van der Waals surface area contributed by atoms with E-state index in [-0.39, 0.29) is 18.4 Å². The highest BCUT2D eigenvalue weighted by Crippen LogP contribution is 2.15. The van der Waals surface area contributed by atoms with Crippen LogP contribution in [-0.4, -0.2) is 36.4 Å². The Bertz CT molecular complexity index is 469. The van der Waals surface area contributed by atoms with Gasteiger partial charge in [0.15, 0.2) is 0 Å². The van der Waals surface area contributed by atoms with E-state index in [9.17, 15) is 9.59 Å². The lowest BCUT2D eigenvalue weighted by Crippen LogP contribution is -2.38. The highest BCUT2D eigenvalue weighted by Gasteiger charge is 2.14. The van der Waals surface area contributed by atoms with Crippen LogP contribution in [0.4, 0.5) is 5.69 Å². The van der Waals surface area contributed by atoms with Crippen LogP contribution in [0.1, 0.15) is 27.7 Å². The molecule has 0 fully saturated rings. The predicted molar refractivity (Wildman–Crippen MR) is 83.3 cm³/mol. The number of carbonyl (C=O) groups is 2. The number of hydrogen-bond acceptors (Lipinski definition) is 3. The third-order valence-corrected chi connectivity index (χ3v) is 2.81. The van der Waals surface area contributed by atoms with Crippen LogP contribution in [0, 0.1) is 5.92 Å². The molecule has 1 aromatic carbocycles. The summed E-state index contributed by atoms with van der Waals surface area (Å²) in [6.45, 7) is 8.68. The zero-order chi connectivity index (χ0) is 15.8. The molecule has 0 aromatic heterocycles. The van der Waals surface area contributed by atoms with E-state index in [4.69, 9.17) is 4.74 Å². The van der Waals surface area contributed by atoms with Gasteiger partial charge in [0.25, 0.3) is 0 Å². The molecular weight excluding hydrogens is 268 g/mol.